The molecule has 0 radical (unpaired) electrons. The highest BCUT2D eigenvalue weighted by atomic mass is 32.1. The predicted octanol–water partition coefficient (Wildman–Crippen LogP) is 5.66. The maximum atomic E-state index is 2.47. The van der Waals surface area contributed by atoms with Gasteiger partial charge in [0, 0.05) is 4.88 Å². The van der Waals surface area contributed by atoms with Crippen molar-refractivity contribution in [3.05, 3.63) is 34.0 Å². The largest absolute Gasteiger partial charge is 0.144 e. The normalized spacial score (nSPS) is 20.9. The molecule has 0 spiro atoms. The second kappa shape index (κ2) is 5.22. The van der Waals surface area contributed by atoms with Crippen molar-refractivity contribution in [1.29, 1.82) is 0 Å². The van der Waals surface area contributed by atoms with Gasteiger partial charge in [0.15, 0.2) is 0 Å². The summed E-state index contributed by atoms with van der Waals surface area (Å²) in [5, 5.41) is 2.27. The van der Waals surface area contributed by atoms with Crippen LogP contribution in [0, 0.1) is 0 Å². The summed E-state index contributed by atoms with van der Waals surface area (Å²) in [6, 6.07) is 2.34. The highest BCUT2D eigenvalue weighted by Gasteiger charge is 2.15. The van der Waals surface area contributed by atoms with E-state index in [0.717, 1.165) is 0 Å². The van der Waals surface area contributed by atoms with E-state index in [4.69, 9.17) is 0 Å². The molecule has 17 heavy (non-hydrogen) atoms. The summed E-state index contributed by atoms with van der Waals surface area (Å²) in [5.74, 6) is 0. The fourth-order valence-electron chi connectivity index (χ4n) is 2.94. The van der Waals surface area contributed by atoms with E-state index in [1.54, 1.807) is 21.6 Å². The Kier molecular flexibility index (Phi) is 3.46. The molecular weight excluding hydrogens is 224 g/mol. The lowest BCUT2D eigenvalue weighted by Gasteiger charge is -2.17. The highest BCUT2D eigenvalue weighted by Crippen LogP contribution is 2.38. The molecule has 0 atom stereocenters. The molecule has 3 rings (SSSR count). The number of allylic oxidation sites excluding steroid dienone is 4. The van der Waals surface area contributed by atoms with Gasteiger partial charge in [-0.15, -0.1) is 11.3 Å². The summed E-state index contributed by atoms with van der Waals surface area (Å²) >= 11 is 1.94. The summed E-state index contributed by atoms with van der Waals surface area (Å²) in [7, 11) is 0. The van der Waals surface area contributed by atoms with Crippen molar-refractivity contribution in [3.63, 3.8) is 0 Å². The fraction of sp³-hybridized carbons (Fsp3) is 0.500. The molecule has 0 bridgehead atoms. The Morgan fingerprint density at radius 3 is 2.18 bits per heavy atom. The van der Waals surface area contributed by atoms with Crippen LogP contribution in [0.3, 0.4) is 0 Å². The SMILES string of the molecule is C1=C(c2ccsc2C2=CCCCC2)CCCC1. The van der Waals surface area contributed by atoms with Crippen LogP contribution in [-0.2, 0) is 0 Å². The van der Waals surface area contributed by atoms with Gasteiger partial charge in [0.05, 0.1) is 0 Å². The molecule has 90 valence electrons. The van der Waals surface area contributed by atoms with E-state index in [-0.39, 0.29) is 0 Å². The number of rotatable bonds is 2. The summed E-state index contributed by atoms with van der Waals surface area (Å²) in [6.45, 7) is 0. The molecule has 0 amide bonds. The Morgan fingerprint density at radius 2 is 1.53 bits per heavy atom. The average molecular weight is 244 g/mol. The van der Waals surface area contributed by atoms with Crippen LogP contribution in [0.1, 0.15) is 61.8 Å². The Hall–Kier alpha value is -0.820. The van der Waals surface area contributed by atoms with E-state index >= 15 is 0 Å². The monoisotopic (exact) mass is 244 g/mol. The molecule has 0 saturated carbocycles. The van der Waals surface area contributed by atoms with Crippen LogP contribution in [0.25, 0.3) is 11.1 Å². The third-order valence-corrected chi connectivity index (χ3v) is 4.87. The van der Waals surface area contributed by atoms with Crippen molar-refractivity contribution >= 4 is 22.5 Å². The van der Waals surface area contributed by atoms with Gasteiger partial charge in [0.2, 0.25) is 0 Å². The van der Waals surface area contributed by atoms with Gasteiger partial charge in [-0.05, 0) is 79.5 Å². The maximum absolute atomic E-state index is 2.47. The zero-order chi connectivity index (χ0) is 11.5. The van der Waals surface area contributed by atoms with E-state index in [1.165, 1.54) is 51.4 Å². The lowest BCUT2D eigenvalue weighted by atomic mass is 9.90. The third kappa shape index (κ3) is 2.40. The predicted molar refractivity (Wildman–Crippen MR) is 77.2 cm³/mol. The molecule has 0 fully saturated rings. The lowest BCUT2D eigenvalue weighted by Crippen LogP contribution is -1.96. The van der Waals surface area contributed by atoms with Crippen molar-refractivity contribution < 1.29 is 0 Å². The third-order valence-electron chi connectivity index (χ3n) is 3.88. The molecule has 1 aromatic heterocycles. The summed E-state index contributed by atoms with van der Waals surface area (Å²) in [5.41, 5.74) is 4.77. The first kappa shape index (κ1) is 11.3. The van der Waals surface area contributed by atoms with Crippen LogP contribution in [-0.4, -0.2) is 0 Å². The van der Waals surface area contributed by atoms with Crippen LogP contribution < -0.4 is 0 Å². The fourth-order valence-corrected chi connectivity index (χ4v) is 3.94. The molecule has 0 N–H and O–H groups in total. The number of hydrogen-bond acceptors (Lipinski definition) is 1. The molecule has 2 aliphatic carbocycles. The molecule has 0 nitrogen and oxygen atoms in total. The molecule has 1 heterocycles. The van der Waals surface area contributed by atoms with Gasteiger partial charge in [-0.2, -0.15) is 0 Å². The maximum Gasteiger partial charge on any atom is 0.0374 e. The Balaban J connectivity index is 1.93. The Bertz CT molecular complexity index is 407. The molecule has 0 aliphatic heterocycles. The number of hydrogen-bond donors (Lipinski definition) is 0. The van der Waals surface area contributed by atoms with Crippen LogP contribution in [0.5, 0.6) is 0 Å². The van der Waals surface area contributed by atoms with Crippen LogP contribution in [0.2, 0.25) is 0 Å². The van der Waals surface area contributed by atoms with E-state index < -0.39 is 0 Å². The van der Waals surface area contributed by atoms with Gasteiger partial charge in [-0.3, -0.25) is 0 Å². The second-order valence-electron chi connectivity index (χ2n) is 5.11. The van der Waals surface area contributed by atoms with E-state index in [9.17, 15) is 0 Å². The molecule has 0 aromatic carbocycles. The lowest BCUT2D eigenvalue weighted by molar-refractivity contribution is 0.738. The summed E-state index contributed by atoms with van der Waals surface area (Å²) in [4.78, 5) is 1.57. The van der Waals surface area contributed by atoms with Crippen LogP contribution in [0.4, 0.5) is 0 Å². The molecule has 1 heteroatoms. The minimum Gasteiger partial charge on any atom is -0.144 e. The quantitative estimate of drug-likeness (QED) is 0.629. The summed E-state index contributed by atoms with van der Waals surface area (Å²) < 4.78 is 0. The van der Waals surface area contributed by atoms with Gasteiger partial charge < -0.3 is 0 Å². The topological polar surface area (TPSA) is 0 Å². The molecular formula is C16H20S. The molecule has 2 aliphatic rings. The summed E-state index contributed by atoms with van der Waals surface area (Å²) in [6.07, 6.45) is 15.6. The second-order valence-corrected chi connectivity index (χ2v) is 6.03. The van der Waals surface area contributed by atoms with Crippen molar-refractivity contribution in [1.82, 2.24) is 0 Å². The minimum absolute atomic E-state index is 1.28. The van der Waals surface area contributed by atoms with Gasteiger partial charge in [-0.1, -0.05) is 12.2 Å². The zero-order valence-corrected chi connectivity index (χ0v) is 11.2. The first-order chi connectivity index (χ1) is 8.45. The van der Waals surface area contributed by atoms with Crippen molar-refractivity contribution in [2.75, 3.05) is 0 Å². The van der Waals surface area contributed by atoms with E-state index in [2.05, 4.69) is 23.6 Å². The molecule has 0 saturated heterocycles. The standard InChI is InChI=1S/C16H20S/c1-3-7-13(8-4-1)15-11-12-17-16(15)14-9-5-2-6-10-14/h7,9,11-12H,1-6,8,10H2. The van der Waals surface area contributed by atoms with E-state index in [1.807, 2.05) is 11.3 Å². The van der Waals surface area contributed by atoms with Gasteiger partial charge in [-0.25, -0.2) is 0 Å². The molecule has 1 aromatic rings. The van der Waals surface area contributed by atoms with Crippen molar-refractivity contribution in [2.45, 2.75) is 51.4 Å². The first-order valence-electron chi connectivity index (χ1n) is 6.91. The molecule has 0 unspecified atom stereocenters. The van der Waals surface area contributed by atoms with Crippen LogP contribution >= 0.6 is 11.3 Å². The average Bonchev–Trinajstić information content (AvgIpc) is 2.90. The van der Waals surface area contributed by atoms with Gasteiger partial charge in [0.25, 0.3) is 0 Å². The van der Waals surface area contributed by atoms with Crippen molar-refractivity contribution in [2.24, 2.45) is 0 Å². The Morgan fingerprint density at radius 1 is 0.824 bits per heavy atom. The minimum atomic E-state index is 1.28. The van der Waals surface area contributed by atoms with Crippen molar-refractivity contribution in [3.8, 4) is 0 Å². The van der Waals surface area contributed by atoms with Gasteiger partial charge >= 0.3 is 0 Å². The van der Waals surface area contributed by atoms with Crippen LogP contribution in [0.15, 0.2) is 23.6 Å². The smallest absolute Gasteiger partial charge is 0.0374 e. The zero-order valence-electron chi connectivity index (χ0n) is 10.4. The Labute approximate surface area is 108 Å². The first-order valence-corrected chi connectivity index (χ1v) is 7.79. The van der Waals surface area contributed by atoms with E-state index in [0.29, 0.717) is 0 Å². The van der Waals surface area contributed by atoms with Gasteiger partial charge in [0.1, 0.15) is 0 Å². The highest BCUT2D eigenvalue weighted by molar-refractivity contribution is 7.11. The number of thiophene rings is 1.